The minimum absolute atomic E-state index is 0.00830. The van der Waals surface area contributed by atoms with Gasteiger partial charge in [0.15, 0.2) is 0 Å². The summed E-state index contributed by atoms with van der Waals surface area (Å²) < 4.78 is 5.74. The maximum Gasteiger partial charge on any atom is 0.0602 e. The number of hydrogen-bond acceptors (Lipinski definition) is 2. The van der Waals surface area contributed by atoms with Crippen molar-refractivity contribution in [2.24, 2.45) is 0 Å². The van der Waals surface area contributed by atoms with Gasteiger partial charge in [-0.15, -0.1) is 0 Å². The standard InChI is InChI=1S/C10H23NO/c1-6-11-8-7-9(2)12-10(3,4)5/h9,11H,6-8H2,1-5H3. The van der Waals surface area contributed by atoms with Gasteiger partial charge in [-0.1, -0.05) is 6.92 Å². The molecule has 1 N–H and O–H groups in total. The molecule has 2 heteroatoms. The molecule has 12 heavy (non-hydrogen) atoms. The first-order valence-electron chi connectivity index (χ1n) is 4.84. The Hall–Kier alpha value is -0.0800. The molecule has 0 saturated heterocycles. The Morgan fingerprint density at radius 3 is 2.33 bits per heavy atom. The summed E-state index contributed by atoms with van der Waals surface area (Å²) >= 11 is 0. The lowest BCUT2D eigenvalue weighted by Crippen LogP contribution is -2.28. The molecule has 0 aromatic carbocycles. The van der Waals surface area contributed by atoms with Crippen LogP contribution in [0.4, 0.5) is 0 Å². The van der Waals surface area contributed by atoms with Crippen molar-refractivity contribution in [2.45, 2.75) is 52.7 Å². The van der Waals surface area contributed by atoms with Gasteiger partial charge in [-0.2, -0.15) is 0 Å². The topological polar surface area (TPSA) is 21.3 Å². The van der Waals surface area contributed by atoms with Gasteiger partial charge in [0.05, 0.1) is 11.7 Å². The normalized spacial score (nSPS) is 14.8. The molecule has 0 aromatic heterocycles. The molecule has 0 fully saturated rings. The van der Waals surface area contributed by atoms with Crippen molar-refractivity contribution in [3.63, 3.8) is 0 Å². The Balaban J connectivity index is 3.40. The summed E-state index contributed by atoms with van der Waals surface area (Å²) in [5, 5.41) is 3.28. The van der Waals surface area contributed by atoms with Gasteiger partial charge in [-0.3, -0.25) is 0 Å². The molecule has 0 aliphatic heterocycles. The van der Waals surface area contributed by atoms with Crippen LogP contribution in [0, 0.1) is 0 Å². The van der Waals surface area contributed by atoms with E-state index in [-0.39, 0.29) is 5.60 Å². The molecule has 0 saturated carbocycles. The summed E-state index contributed by atoms with van der Waals surface area (Å²) in [4.78, 5) is 0. The summed E-state index contributed by atoms with van der Waals surface area (Å²) in [6.07, 6.45) is 1.44. The van der Waals surface area contributed by atoms with E-state index in [4.69, 9.17) is 4.74 Å². The first-order chi connectivity index (χ1) is 5.45. The van der Waals surface area contributed by atoms with Gasteiger partial charge in [0.1, 0.15) is 0 Å². The van der Waals surface area contributed by atoms with Gasteiger partial charge in [0, 0.05) is 0 Å². The molecular formula is C10H23NO. The number of rotatable bonds is 5. The van der Waals surface area contributed by atoms with Crippen molar-refractivity contribution in [2.75, 3.05) is 13.1 Å². The monoisotopic (exact) mass is 173 g/mol. The fourth-order valence-corrected chi connectivity index (χ4v) is 1.14. The van der Waals surface area contributed by atoms with E-state index in [9.17, 15) is 0 Å². The molecule has 0 amide bonds. The summed E-state index contributed by atoms with van der Waals surface area (Å²) in [5.41, 5.74) is -0.00830. The molecule has 0 radical (unpaired) electrons. The predicted octanol–water partition coefficient (Wildman–Crippen LogP) is 2.19. The molecule has 0 aliphatic rings. The molecule has 0 aromatic rings. The predicted molar refractivity (Wildman–Crippen MR) is 53.5 cm³/mol. The van der Waals surface area contributed by atoms with Gasteiger partial charge in [-0.25, -0.2) is 0 Å². The van der Waals surface area contributed by atoms with Crippen molar-refractivity contribution in [3.05, 3.63) is 0 Å². The second-order valence-electron chi connectivity index (χ2n) is 4.18. The summed E-state index contributed by atoms with van der Waals surface area (Å²) in [7, 11) is 0. The van der Waals surface area contributed by atoms with Crippen LogP contribution >= 0.6 is 0 Å². The Morgan fingerprint density at radius 1 is 1.33 bits per heavy atom. The van der Waals surface area contributed by atoms with Gasteiger partial charge >= 0.3 is 0 Å². The highest BCUT2D eigenvalue weighted by atomic mass is 16.5. The third-order valence-corrected chi connectivity index (χ3v) is 1.53. The van der Waals surface area contributed by atoms with Crippen LogP contribution in [0.5, 0.6) is 0 Å². The third-order valence-electron chi connectivity index (χ3n) is 1.53. The Kier molecular flexibility index (Phi) is 5.51. The number of hydrogen-bond donors (Lipinski definition) is 1. The van der Waals surface area contributed by atoms with Gasteiger partial charge in [-0.05, 0) is 47.2 Å². The van der Waals surface area contributed by atoms with Crippen LogP contribution in [0.3, 0.4) is 0 Å². The van der Waals surface area contributed by atoms with Crippen LogP contribution in [-0.4, -0.2) is 24.8 Å². The first kappa shape index (κ1) is 11.9. The van der Waals surface area contributed by atoms with E-state index in [1.807, 2.05) is 0 Å². The summed E-state index contributed by atoms with van der Waals surface area (Å²) in [6, 6.07) is 0. The summed E-state index contributed by atoms with van der Waals surface area (Å²) in [6.45, 7) is 12.6. The van der Waals surface area contributed by atoms with Crippen molar-refractivity contribution in [1.29, 1.82) is 0 Å². The van der Waals surface area contributed by atoms with Crippen LogP contribution in [0.15, 0.2) is 0 Å². The van der Waals surface area contributed by atoms with Crippen LogP contribution in [0.1, 0.15) is 41.0 Å². The molecule has 2 nitrogen and oxygen atoms in total. The molecule has 0 bridgehead atoms. The zero-order chi connectivity index (χ0) is 9.61. The zero-order valence-electron chi connectivity index (χ0n) is 9.11. The highest BCUT2D eigenvalue weighted by molar-refractivity contribution is 4.63. The SMILES string of the molecule is CCNCCC(C)OC(C)(C)C. The maximum absolute atomic E-state index is 5.74. The van der Waals surface area contributed by atoms with Crippen molar-refractivity contribution in [3.8, 4) is 0 Å². The minimum atomic E-state index is -0.00830. The average molecular weight is 173 g/mol. The molecule has 0 spiro atoms. The highest BCUT2D eigenvalue weighted by Gasteiger charge is 2.14. The highest BCUT2D eigenvalue weighted by Crippen LogP contribution is 2.11. The van der Waals surface area contributed by atoms with Crippen LogP contribution in [0.2, 0.25) is 0 Å². The molecule has 0 aliphatic carbocycles. The maximum atomic E-state index is 5.74. The van der Waals surface area contributed by atoms with Crippen LogP contribution in [0.25, 0.3) is 0 Å². The lowest BCUT2D eigenvalue weighted by molar-refractivity contribution is -0.0537. The van der Waals surface area contributed by atoms with E-state index in [0.717, 1.165) is 19.5 Å². The van der Waals surface area contributed by atoms with Crippen LogP contribution < -0.4 is 5.32 Å². The lowest BCUT2D eigenvalue weighted by Gasteiger charge is -2.25. The Labute approximate surface area is 76.7 Å². The first-order valence-corrected chi connectivity index (χ1v) is 4.84. The van der Waals surface area contributed by atoms with E-state index in [2.05, 4.69) is 39.9 Å². The fourth-order valence-electron chi connectivity index (χ4n) is 1.14. The van der Waals surface area contributed by atoms with E-state index < -0.39 is 0 Å². The van der Waals surface area contributed by atoms with Crippen LogP contribution in [-0.2, 0) is 4.74 Å². The largest absolute Gasteiger partial charge is 0.373 e. The smallest absolute Gasteiger partial charge is 0.0602 e. The molecule has 0 heterocycles. The fraction of sp³-hybridized carbons (Fsp3) is 1.00. The zero-order valence-corrected chi connectivity index (χ0v) is 9.11. The second-order valence-corrected chi connectivity index (χ2v) is 4.18. The molecule has 74 valence electrons. The molecule has 1 atom stereocenters. The van der Waals surface area contributed by atoms with Gasteiger partial charge < -0.3 is 10.1 Å². The van der Waals surface area contributed by atoms with E-state index in [0.29, 0.717) is 6.10 Å². The van der Waals surface area contributed by atoms with E-state index in [1.54, 1.807) is 0 Å². The number of ether oxygens (including phenoxy) is 1. The number of nitrogens with one attached hydrogen (secondary N) is 1. The molecule has 1 unspecified atom stereocenters. The quantitative estimate of drug-likeness (QED) is 0.643. The minimum Gasteiger partial charge on any atom is -0.373 e. The van der Waals surface area contributed by atoms with Crippen molar-refractivity contribution in [1.82, 2.24) is 5.32 Å². The van der Waals surface area contributed by atoms with E-state index >= 15 is 0 Å². The molecule has 0 rings (SSSR count). The van der Waals surface area contributed by atoms with Crippen molar-refractivity contribution < 1.29 is 4.74 Å². The van der Waals surface area contributed by atoms with Gasteiger partial charge in [0.2, 0.25) is 0 Å². The third kappa shape index (κ3) is 8.02. The average Bonchev–Trinajstić information content (AvgIpc) is 1.84. The second kappa shape index (κ2) is 5.55. The van der Waals surface area contributed by atoms with Crippen molar-refractivity contribution >= 4 is 0 Å². The Morgan fingerprint density at radius 2 is 1.92 bits per heavy atom. The summed E-state index contributed by atoms with van der Waals surface area (Å²) in [5.74, 6) is 0. The van der Waals surface area contributed by atoms with E-state index in [1.165, 1.54) is 0 Å². The molecular weight excluding hydrogens is 150 g/mol. The lowest BCUT2D eigenvalue weighted by atomic mass is 10.1. The van der Waals surface area contributed by atoms with Gasteiger partial charge in [0.25, 0.3) is 0 Å². The Bertz CT molecular complexity index is 107.